The van der Waals surface area contributed by atoms with Gasteiger partial charge in [-0.05, 0) is 24.1 Å². The lowest BCUT2D eigenvalue weighted by Crippen LogP contribution is -2.18. The van der Waals surface area contributed by atoms with E-state index in [4.69, 9.17) is 5.73 Å². The molecule has 0 saturated heterocycles. The van der Waals surface area contributed by atoms with Gasteiger partial charge < -0.3 is 10.7 Å². The van der Waals surface area contributed by atoms with Crippen LogP contribution in [0.15, 0.2) is 59.4 Å². The van der Waals surface area contributed by atoms with Gasteiger partial charge in [0.25, 0.3) is 5.56 Å². The molecule has 0 radical (unpaired) electrons. The Morgan fingerprint density at radius 2 is 1.64 bits per heavy atom. The number of benzene rings is 2. The van der Waals surface area contributed by atoms with Crippen molar-refractivity contribution >= 4 is 5.69 Å². The number of nitrogens with zero attached hydrogens (tertiary/aromatic N) is 2. The van der Waals surface area contributed by atoms with Crippen molar-refractivity contribution in [3.8, 4) is 11.4 Å². The fourth-order valence-electron chi connectivity index (χ4n) is 2.27. The molecule has 0 bridgehead atoms. The Labute approximate surface area is 127 Å². The third kappa shape index (κ3) is 3.03. The molecule has 5 heteroatoms. The van der Waals surface area contributed by atoms with Crippen LogP contribution in [0.2, 0.25) is 0 Å². The van der Waals surface area contributed by atoms with Crippen LogP contribution in [0.25, 0.3) is 11.4 Å². The summed E-state index contributed by atoms with van der Waals surface area (Å²) in [6.07, 6.45) is 1.31. The molecular weight excluding hydrogens is 276 g/mol. The molecule has 0 aliphatic rings. The average molecular weight is 292 g/mol. The Kier molecular flexibility index (Phi) is 3.96. The molecule has 0 unspecified atom stereocenters. The lowest BCUT2D eigenvalue weighted by Gasteiger charge is -2.05. The standard InChI is InChI=1S/C17H16N4O/c18-14-9-5-4-8-13(14)16-19-17(22)15(20-21-16)11-10-12-6-2-1-3-7-12/h1-9H,10-11,18H2,(H,19,21,22). The summed E-state index contributed by atoms with van der Waals surface area (Å²) in [5.41, 5.74) is 8.51. The molecule has 5 nitrogen and oxygen atoms in total. The average Bonchev–Trinajstić information content (AvgIpc) is 2.55. The van der Waals surface area contributed by atoms with Gasteiger partial charge in [0.05, 0.1) is 0 Å². The van der Waals surface area contributed by atoms with Gasteiger partial charge in [-0.15, -0.1) is 10.2 Å². The van der Waals surface area contributed by atoms with E-state index in [1.807, 2.05) is 42.5 Å². The first kappa shape index (κ1) is 14.0. The van der Waals surface area contributed by atoms with Crippen LogP contribution in [0.3, 0.4) is 0 Å². The zero-order chi connectivity index (χ0) is 15.4. The van der Waals surface area contributed by atoms with Crippen molar-refractivity contribution < 1.29 is 0 Å². The first-order valence-corrected chi connectivity index (χ1v) is 7.09. The highest BCUT2D eigenvalue weighted by molar-refractivity contribution is 5.70. The van der Waals surface area contributed by atoms with Crippen molar-refractivity contribution in [2.24, 2.45) is 0 Å². The molecule has 3 rings (SSSR count). The molecule has 110 valence electrons. The van der Waals surface area contributed by atoms with Crippen molar-refractivity contribution in [2.45, 2.75) is 12.8 Å². The van der Waals surface area contributed by atoms with Gasteiger partial charge >= 0.3 is 0 Å². The summed E-state index contributed by atoms with van der Waals surface area (Å²) in [6.45, 7) is 0. The monoisotopic (exact) mass is 292 g/mol. The zero-order valence-electron chi connectivity index (χ0n) is 12.0. The van der Waals surface area contributed by atoms with Gasteiger partial charge in [0.15, 0.2) is 5.82 Å². The highest BCUT2D eigenvalue weighted by Crippen LogP contribution is 2.20. The van der Waals surface area contributed by atoms with Gasteiger partial charge in [-0.25, -0.2) is 0 Å². The van der Waals surface area contributed by atoms with Gasteiger partial charge in [0.2, 0.25) is 0 Å². The molecule has 22 heavy (non-hydrogen) atoms. The molecule has 1 aromatic heterocycles. The largest absolute Gasteiger partial charge is 0.398 e. The number of aryl methyl sites for hydroxylation is 2. The molecule has 3 N–H and O–H groups in total. The van der Waals surface area contributed by atoms with Crippen LogP contribution in [0.1, 0.15) is 11.3 Å². The minimum atomic E-state index is -0.218. The summed E-state index contributed by atoms with van der Waals surface area (Å²) < 4.78 is 0. The van der Waals surface area contributed by atoms with E-state index in [0.29, 0.717) is 29.2 Å². The Bertz CT molecular complexity index is 827. The van der Waals surface area contributed by atoms with E-state index in [2.05, 4.69) is 15.2 Å². The highest BCUT2D eigenvalue weighted by atomic mass is 16.1. The number of nitrogens with one attached hydrogen (secondary N) is 1. The van der Waals surface area contributed by atoms with Crippen LogP contribution in [0.4, 0.5) is 5.69 Å². The number of rotatable bonds is 4. The fraction of sp³-hybridized carbons (Fsp3) is 0.118. The lowest BCUT2D eigenvalue weighted by atomic mass is 10.1. The van der Waals surface area contributed by atoms with Crippen LogP contribution in [-0.2, 0) is 12.8 Å². The Hall–Kier alpha value is -2.95. The molecule has 2 aromatic carbocycles. The van der Waals surface area contributed by atoms with Gasteiger partial charge in [-0.3, -0.25) is 4.79 Å². The van der Waals surface area contributed by atoms with E-state index in [1.165, 1.54) is 5.56 Å². The van der Waals surface area contributed by atoms with Crippen molar-refractivity contribution in [1.29, 1.82) is 0 Å². The molecule has 0 fully saturated rings. The number of H-pyrrole nitrogens is 1. The number of aromatic amines is 1. The van der Waals surface area contributed by atoms with E-state index in [-0.39, 0.29) is 5.56 Å². The number of nitrogen functional groups attached to an aromatic ring is 1. The van der Waals surface area contributed by atoms with Crippen molar-refractivity contribution in [3.05, 3.63) is 76.2 Å². The summed E-state index contributed by atoms with van der Waals surface area (Å²) >= 11 is 0. The molecule has 0 aliphatic carbocycles. The summed E-state index contributed by atoms with van der Waals surface area (Å²) in [6, 6.07) is 17.2. The van der Waals surface area contributed by atoms with E-state index in [0.717, 1.165) is 6.42 Å². The molecule has 3 aromatic rings. The predicted octanol–water partition coefficient (Wildman–Crippen LogP) is 2.20. The van der Waals surface area contributed by atoms with E-state index in [9.17, 15) is 4.79 Å². The van der Waals surface area contributed by atoms with E-state index >= 15 is 0 Å². The smallest absolute Gasteiger partial charge is 0.273 e. The quantitative estimate of drug-likeness (QED) is 0.722. The van der Waals surface area contributed by atoms with Gasteiger partial charge in [0, 0.05) is 17.7 Å². The van der Waals surface area contributed by atoms with Crippen molar-refractivity contribution in [1.82, 2.24) is 15.2 Å². The lowest BCUT2D eigenvalue weighted by molar-refractivity contribution is 0.817. The molecule has 0 saturated carbocycles. The number of anilines is 1. The van der Waals surface area contributed by atoms with Gasteiger partial charge in [-0.1, -0.05) is 42.5 Å². The molecular formula is C17H16N4O. The maximum absolute atomic E-state index is 12.1. The van der Waals surface area contributed by atoms with Crippen LogP contribution in [0, 0.1) is 0 Å². The molecule has 0 spiro atoms. The maximum atomic E-state index is 12.1. The topological polar surface area (TPSA) is 84.7 Å². The second kappa shape index (κ2) is 6.22. The van der Waals surface area contributed by atoms with Crippen LogP contribution in [0.5, 0.6) is 0 Å². The van der Waals surface area contributed by atoms with Crippen LogP contribution >= 0.6 is 0 Å². The summed E-state index contributed by atoms with van der Waals surface area (Å²) in [4.78, 5) is 14.9. The number of hydrogen-bond acceptors (Lipinski definition) is 4. The molecule has 1 heterocycles. The molecule has 0 atom stereocenters. The second-order valence-corrected chi connectivity index (χ2v) is 5.02. The third-order valence-corrected chi connectivity index (χ3v) is 3.47. The highest BCUT2D eigenvalue weighted by Gasteiger charge is 2.08. The Morgan fingerprint density at radius 3 is 2.36 bits per heavy atom. The maximum Gasteiger partial charge on any atom is 0.273 e. The minimum Gasteiger partial charge on any atom is -0.398 e. The summed E-state index contributed by atoms with van der Waals surface area (Å²) in [5, 5.41) is 8.16. The summed E-state index contributed by atoms with van der Waals surface area (Å²) in [5.74, 6) is 0.395. The van der Waals surface area contributed by atoms with Crippen molar-refractivity contribution in [2.75, 3.05) is 5.73 Å². The zero-order valence-corrected chi connectivity index (χ0v) is 12.0. The Balaban J connectivity index is 1.81. The fourth-order valence-corrected chi connectivity index (χ4v) is 2.27. The van der Waals surface area contributed by atoms with Crippen LogP contribution in [-0.4, -0.2) is 15.2 Å². The third-order valence-electron chi connectivity index (χ3n) is 3.47. The Morgan fingerprint density at radius 1 is 0.909 bits per heavy atom. The number of para-hydroxylation sites is 1. The van der Waals surface area contributed by atoms with Crippen molar-refractivity contribution in [3.63, 3.8) is 0 Å². The molecule has 0 amide bonds. The van der Waals surface area contributed by atoms with Gasteiger partial charge in [-0.2, -0.15) is 0 Å². The number of aromatic nitrogens is 3. The van der Waals surface area contributed by atoms with Gasteiger partial charge in [0.1, 0.15) is 5.69 Å². The van der Waals surface area contributed by atoms with E-state index in [1.54, 1.807) is 12.1 Å². The predicted molar refractivity (Wildman–Crippen MR) is 86.4 cm³/mol. The number of hydrogen-bond donors (Lipinski definition) is 2. The SMILES string of the molecule is Nc1ccccc1-c1nnc(CCc2ccccc2)c(=O)[nH]1. The minimum absolute atomic E-state index is 0.218. The number of nitrogens with two attached hydrogens (primary N) is 1. The van der Waals surface area contributed by atoms with Crippen LogP contribution < -0.4 is 11.3 Å². The first-order valence-electron chi connectivity index (χ1n) is 7.09. The molecule has 0 aliphatic heterocycles. The second-order valence-electron chi connectivity index (χ2n) is 5.02. The van der Waals surface area contributed by atoms with E-state index < -0.39 is 0 Å². The normalized spacial score (nSPS) is 10.5. The summed E-state index contributed by atoms with van der Waals surface area (Å²) in [7, 11) is 0. The first-order chi connectivity index (χ1) is 10.7.